The molecular weight excluding hydrogens is 392 g/mol. The molecule has 150 valence electrons. The van der Waals surface area contributed by atoms with E-state index in [1.807, 2.05) is 84.3 Å². The van der Waals surface area contributed by atoms with E-state index in [1.54, 1.807) is 0 Å². The Morgan fingerprint density at radius 2 is 1.60 bits per heavy atom. The Kier molecular flexibility index (Phi) is 5.95. The van der Waals surface area contributed by atoms with Crippen LogP contribution < -0.4 is 5.32 Å². The van der Waals surface area contributed by atoms with Crippen LogP contribution in [0.1, 0.15) is 11.4 Å². The summed E-state index contributed by atoms with van der Waals surface area (Å²) in [6, 6.07) is 25.9. The summed E-state index contributed by atoms with van der Waals surface area (Å²) in [5, 5.41) is 12.2. The first-order valence-corrected chi connectivity index (χ1v) is 10.7. The number of nitrogens with zero attached hydrogens (tertiary/aromatic N) is 3. The average Bonchev–Trinajstić information content (AvgIpc) is 3.14. The molecule has 0 aliphatic rings. The second kappa shape index (κ2) is 8.97. The molecule has 30 heavy (non-hydrogen) atoms. The number of carbonyl (C=O) groups is 1. The van der Waals surface area contributed by atoms with E-state index in [9.17, 15) is 4.79 Å². The number of para-hydroxylation sites is 2. The van der Waals surface area contributed by atoms with E-state index >= 15 is 0 Å². The van der Waals surface area contributed by atoms with Crippen molar-refractivity contribution in [1.29, 1.82) is 0 Å². The third-order valence-electron chi connectivity index (χ3n) is 4.77. The van der Waals surface area contributed by atoms with Crippen molar-refractivity contribution in [3.05, 3.63) is 90.3 Å². The lowest BCUT2D eigenvalue weighted by atomic mass is 10.0. The highest BCUT2D eigenvalue weighted by atomic mass is 32.2. The fraction of sp³-hybridized carbons (Fsp3) is 0.125. The predicted molar refractivity (Wildman–Crippen MR) is 122 cm³/mol. The molecule has 0 spiro atoms. The molecule has 1 aromatic heterocycles. The number of carbonyl (C=O) groups excluding carboxylic acids is 1. The Morgan fingerprint density at radius 3 is 2.40 bits per heavy atom. The standard InChI is InChI=1S/C24H22N4OS/c1-17-10-6-9-15-22(17)28-18(2)26-27-24(28)30-16-23(29)25-21-14-8-7-13-20(21)19-11-4-3-5-12-19/h3-15H,16H2,1-2H3,(H,25,29). The number of rotatable bonds is 6. The second-order valence-electron chi connectivity index (χ2n) is 6.90. The number of hydrogen-bond acceptors (Lipinski definition) is 4. The van der Waals surface area contributed by atoms with Gasteiger partial charge in [-0.05, 0) is 37.1 Å². The van der Waals surface area contributed by atoms with E-state index in [2.05, 4.69) is 28.5 Å². The Hall–Kier alpha value is -3.38. The second-order valence-corrected chi connectivity index (χ2v) is 7.84. The highest BCUT2D eigenvalue weighted by Crippen LogP contribution is 2.28. The summed E-state index contributed by atoms with van der Waals surface area (Å²) in [7, 11) is 0. The van der Waals surface area contributed by atoms with E-state index < -0.39 is 0 Å². The minimum absolute atomic E-state index is 0.0830. The zero-order chi connectivity index (χ0) is 20.9. The van der Waals surface area contributed by atoms with Crippen molar-refractivity contribution >= 4 is 23.4 Å². The number of benzene rings is 3. The van der Waals surface area contributed by atoms with Gasteiger partial charge in [-0.25, -0.2) is 0 Å². The monoisotopic (exact) mass is 414 g/mol. The van der Waals surface area contributed by atoms with Gasteiger partial charge in [0, 0.05) is 11.3 Å². The molecule has 0 bridgehead atoms. The van der Waals surface area contributed by atoms with Crippen molar-refractivity contribution in [3.63, 3.8) is 0 Å². The molecule has 0 aliphatic carbocycles. The largest absolute Gasteiger partial charge is 0.325 e. The number of amides is 1. The lowest BCUT2D eigenvalue weighted by molar-refractivity contribution is -0.113. The van der Waals surface area contributed by atoms with Gasteiger partial charge in [0.05, 0.1) is 11.4 Å². The van der Waals surface area contributed by atoms with Gasteiger partial charge in [0.25, 0.3) is 0 Å². The zero-order valence-corrected chi connectivity index (χ0v) is 17.7. The number of nitrogens with one attached hydrogen (secondary N) is 1. The highest BCUT2D eigenvalue weighted by Gasteiger charge is 2.15. The maximum atomic E-state index is 12.7. The lowest BCUT2D eigenvalue weighted by Gasteiger charge is -2.12. The molecule has 1 amide bonds. The van der Waals surface area contributed by atoms with E-state index in [1.165, 1.54) is 11.8 Å². The molecule has 0 saturated carbocycles. The molecule has 0 fully saturated rings. The fourth-order valence-electron chi connectivity index (χ4n) is 3.31. The quantitative estimate of drug-likeness (QED) is 0.436. The van der Waals surface area contributed by atoms with Gasteiger partial charge in [0.1, 0.15) is 5.82 Å². The third kappa shape index (κ3) is 4.28. The summed E-state index contributed by atoms with van der Waals surface area (Å²) in [4.78, 5) is 12.7. The first kappa shape index (κ1) is 19.9. The van der Waals surface area contributed by atoms with Crippen molar-refractivity contribution in [2.24, 2.45) is 0 Å². The summed E-state index contributed by atoms with van der Waals surface area (Å²) in [5.41, 5.74) is 5.01. The Bertz CT molecular complexity index is 1170. The Labute approximate surface area is 180 Å². The lowest BCUT2D eigenvalue weighted by Crippen LogP contribution is -2.15. The average molecular weight is 415 g/mol. The van der Waals surface area contributed by atoms with Crippen LogP contribution in [0, 0.1) is 13.8 Å². The van der Waals surface area contributed by atoms with Crippen molar-refractivity contribution in [1.82, 2.24) is 14.8 Å². The van der Waals surface area contributed by atoms with Crippen molar-refractivity contribution in [2.75, 3.05) is 11.1 Å². The van der Waals surface area contributed by atoms with Gasteiger partial charge in [0.15, 0.2) is 5.16 Å². The fourth-order valence-corrected chi connectivity index (χ4v) is 4.10. The molecule has 0 radical (unpaired) electrons. The number of hydrogen-bond donors (Lipinski definition) is 1. The van der Waals surface area contributed by atoms with Crippen molar-refractivity contribution in [2.45, 2.75) is 19.0 Å². The van der Waals surface area contributed by atoms with Crippen molar-refractivity contribution < 1.29 is 4.79 Å². The minimum atomic E-state index is -0.0830. The van der Waals surface area contributed by atoms with Crippen LogP contribution in [0.2, 0.25) is 0 Å². The molecule has 0 saturated heterocycles. The third-order valence-corrected chi connectivity index (χ3v) is 5.70. The summed E-state index contributed by atoms with van der Waals surface area (Å²) in [6.45, 7) is 3.97. The van der Waals surface area contributed by atoms with Crippen LogP contribution in [0.25, 0.3) is 16.8 Å². The van der Waals surface area contributed by atoms with E-state index in [0.717, 1.165) is 33.9 Å². The first-order valence-electron chi connectivity index (χ1n) is 9.68. The SMILES string of the molecule is Cc1ccccc1-n1c(C)nnc1SCC(=O)Nc1ccccc1-c1ccccc1. The van der Waals surface area contributed by atoms with Crippen LogP contribution in [-0.2, 0) is 4.79 Å². The van der Waals surface area contributed by atoms with E-state index in [4.69, 9.17) is 0 Å². The predicted octanol–water partition coefficient (Wildman–Crippen LogP) is 5.28. The number of aryl methyl sites for hydroxylation is 2. The minimum Gasteiger partial charge on any atom is -0.325 e. The molecule has 0 atom stereocenters. The van der Waals surface area contributed by atoms with Crippen molar-refractivity contribution in [3.8, 4) is 16.8 Å². The molecule has 4 rings (SSSR count). The number of thioether (sulfide) groups is 1. The van der Waals surface area contributed by atoms with Gasteiger partial charge < -0.3 is 5.32 Å². The van der Waals surface area contributed by atoms with Gasteiger partial charge in [0.2, 0.25) is 5.91 Å². The van der Waals surface area contributed by atoms with Crippen LogP contribution in [0.4, 0.5) is 5.69 Å². The maximum absolute atomic E-state index is 12.7. The molecule has 1 heterocycles. The highest BCUT2D eigenvalue weighted by molar-refractivity contribution is 7.99. The topological polar surface area (TPSA) is 59.8 Å². The summed E-state index contributed by atoms with van der Waals surface area (Å²) < 4.78 is 1.99. The molecule has 3 aromatic carbocycles. The van der Waals surface area contributed by atoms with Crippen LogP contribution in [0.5, 0.6) is 0 Å². The van der Waals surface area contributed by atoms with Gasteiger partial charge in [-0.2, -0.15) is 0 Å². The van der Waals surface area contributed by atoms with E-state index in [-0.39, 0.29) is 11.7 Å². The molecule has 0 aliphatic heterocycles. The van der Waals surface area contributed by atoms with Gasteiger partial charge in [-0.3, -0.25) is 9.36 Å². The summed E-state index contributed by atoms with van der Waals surface area (Å²) in [5.74, 6) is 0.953. The summed E-state index contributed by atoms with van der Waals surface area (Å²) in [6.07, 6.45) is 0. The van der Waals surface area contributed by atoms with Crippen LogP contribution in [0.3, 0.4) is 0 Å². The van der Waals surface area contributed by atoms with Crippen LogP contribution >= 0.6 is 11.8 Å². The zero-order valence-electron chi connectivity index (χ0n) is 16.9. The molecule has 4 aromatic rings. The normalized spacial score (nSPS) is 10.7. The van der Waals surface area contributed by atoms with Crippen LogP contribution in [-0.4, -0.2) is 26.4 Å². The van der Waals surface area contributed by atoms with Crippen LogP contribution in [0.15, 0.2) is 84.0 Å². The smallest absolute Gasteiger partial charge is 0.234 e. The molecule has 0 unspecified atom stereocenters. The number of anilines is 1. The number of aromatic nitrogens is 3. The molecular formula is C24H22N4OS. The first-order chi connectivity index (χ1) is 14.6. The Morgan fingerprint density at radius 1 is 0.900 bits per heavy atom. The van der Waals surface area contributed by atoms with E-state index in [0.29, 0.717) is 5.16 Å². The Balaban J connectivity index is 1.50. The molecule has 1 N–H and O–H groups in total. The van der Waals surface area contributed by atoms with Gasteiger partial charge in [-0.15, -0.1) is 10.2 Å². The van der Waals surface area contributed by atoms with Gasteiger partial charge in [-0.1, -0.05) is 78.5 Å². The molecule has 5 nitrogen and oxygen atoms in total. The van der Waals surface area contributed by atoms with Gasteiger partial charge >= 0.3 is 0 Å². The molecule has 6 heteroatoms. The summed E-state index contributed by atoms with van der Waals surface area (Å²) >= 11 is 1.38. The maximum Gasteiger partial charge on any atom is 0.234 e.